The molecule has 3 rings (SSSR count). The summed E-state index contributed by atoms with van der Waals surface area (Å²) < 4.78 is 2.06. The first kappa shape index (κ1) is 43.7. The number of aliphatic carboxylic acids is 1. The molecule has 0 fully saturated rings. The summed E-state index contributed by atoms with van der Waals surface area (Å²) in [6, 6.07) is 13.6. The Morgan fingerprint density at radius 3 is 2.33 bits per heavy atom. The van der Waals surface area contributed by atoms with Gasteiger partial charge in [0.2, 0.25) is 0 Å². The Balaban J connectivity index is 0.000000456. The van der Waals surface area contributed by atoms with Crippen molar-refractivity contribution in [3.8, 4) is 0 Å². The van der Waals surface area contributed by atoms with Crippen LogP contribution in [0.3, 0.4) is 0 Å². The van der Waals surface area contributed by atoms with Gasteiger partial charge in [-0.1, -0.05) is 117 Å². The molecule has 0 aliphatic heterocycles. The standard InChI is InChI=1S/C18H15Cl3N2S.C18H34O3.K/c19-14-3-1-13(2-4-14)11-24-18(10-23-8-7-22-12-23)16-6-5-15(20)9-17(16)21;1-2-3-4-11-14-17(19)15-12-9-7-5-6-8-10-13-16-18(20)21;/h1-9,12,18H,10-11H2;9,12,17,19H,2-8,10-11,13-16H2,1H3,(H,20,21);/q;;+1/p-1/b;12-9-;/t;17-;/m.1./s1. The summed E-state index contributed by atoms with van der Waals surface area (Å²) in [5.41, 5.74) is 2.30. The smallest absolute Gasteiger partial charge is 0.550 e. The normalized spacial score (nSPS) is 12.3. The number of aliphatic hydroxyl groups excluding tert-OH is 1. The molecule has 0 aliphatic carbocycles. The van der Waals surface area contributed by atoms with Gasteiger partial charge in [-0.05, 0) is 73.9 Å². The Labute approximate surface area is 338 Å². The summed E-state index contributed by atoms with van der Waals surface area (Å²) in [5, 5.41) is 22.3. The van der Waals surface area contributed by atoms with Crippen LogP contribution in [-0.4, -0.2) is 26.7 Å². The first-order valence-electron chi connectivity index (χ1n) is 16.1. The fourth-order valence-corrected chi connectivity index (χ4v) is 6.70. The van der Waals surface area contributed by atoms with Crippen molar-refractivity contribution < 1.29 is 66.4 Å². The zero-order chi connectivity index (χ0) is 32.7. The van der Waals surface area contributed by atoms with Gasteiger partial charge in [-0.3, -0.25) is 0 Å². The van der Waals surface area contributed by atoms with Crippen LogP contribution in [-0.2, 0) is 17.1 Å². The van der Waals surface area contributed by atoms with E-state index in [1.807, 2.05) is 60.7 Å². The number of benzene rings is 2. The molecule has 46 heavy (non-hydrogen) atoms. The quantitative estimate of drug-likeness (QED) is 0.0709. The van der Waals surface area contributed by atoms with Crippen molar-refractivity contribution in [2.24, 2.45) is 0 Å². The Morgan fingerprint density at radius 2 is 1.65 bits per heavy atom. The molecule has 3 aromatic rings. The van der Waals surface area contributed by atoms with Gasteiger partial charge in [0.05, 0.1) is 12.4 Å². The Hall–Kier alpha value is -0.324. The second kappa shape index (κ2) is 27.5. The van der Waals surface area contributed by atoms with Gasteiger partial charge in [0.25, 0.3) is 0 Å². The van der Waals surface area contributed by atoms with Gasteiger partial charge in [-0.15, -0.1) is 11.8 Å². The molecule has 1 N–H and O–H groups in total. The summed E-state index contributed by atoms with van der Waals surface area (Å²) >= 11 is 20.2. The molecule has 2 atom stereocenters. The Morgan fingerprint density at radius 1 is 0.957 bits per heavy atom. The van der Waals surface area contributed by atoms with E-state index in [0.29, 0.717) is 10.0 Å². The average molecular weight is 734 g/mol. The topological polar surface area (TPSA) is 78.2 Å². The SMILES string of the molecule is CCCCCC[C@@H](O)C/C=C\CCCCCCCC(=O)[O-].Clc1ccc(CSC(Cn2ccnc2)c2ccc(Cl)cc2Cl)cc1.[K+]. The van der Waals surface area contributed by atoms with Crippen molar-refractivity contribution in [3.05, 3.63) is 99.5 Å². The minimum atomic E-state index is -0.939. The fourth-order valence-electron chi connectivity index (χ4n) is 4.72. The van der Waals surface area contributed by atoms with Crippen LogP contribution in [0.25, 0.3) is 0 Å². The number of rotatable bonds is 21. The molecule has 0 saturated carbocycles. The van der Waals surface area contributed by atoms with E-state index >= 15 is 0 Å². The Bertz CT molecular complexity index is 1230. The van der Waals surface area contributed by atoms with E-state index in [0.717, 1.165) is 80.7 Å². The zero-order valence-electron chi connectivity index (χ0n) is 27.4. The predicted octanol–water partition coefficient (Wildman–Crippen LogP) is 7.27. The number of hydrogen-bond acceptors (Lipinski definition) is 5. The van der Waals surface area contributed by atoms with E-state index in [9.17, 15) is 15.0 Å². The number of carbonyl (C=O) groups is 1. The number of carboxylic acids is 1. The van der Waals surface area contributed by atoms with Crippen LogP contribution in [0, 0.1) is 0 Å². The minimum Gasteiger partial charge on any atom is -0.550 e. The number of aliphatic hydroxyl groups is 1. The molecule has 5 nitrogen and oxygen atoms in total. The monoisotopic (exact) mass is 732 g/mol. The molecular formula is C36H48Cl3KN2O3S. The molecule has 2 aromatic carbocycles. The molecule has 0 amide bonds. The van der Waals surface area contributed by atoms with Crippen molar-refractivity contribution in [3.63, 3.8) is 0 Å². The Kier molecular flexibility index (Phi) is 26.1. The molecule has 1 heterocycles. The van der Waals surface area contributed by atoms with E-state index in [1.165, 1.54) is 24.8 Å². The minimum absolute atomic E-state index is 0. The molecule has 0 aliphatic rings. The van der Waals surface area contributed by atoms with Crippen LogP contribution in [0.15, 0.2) is 73.3 Å². The average Bonchev–Trinajstić information content (AvgIpc) is 3.53. The maximum absolute atomic E-state index is 10.2. The van der Waals surface area contributed by atoms with Crippen LogP contribution in [0.5, 0.6) is 0 Å². The van der Waals surface area contributed by atoms with E-state index in [-0.39, 0.29) is 69.2 Å². The van der Waals surface area contributed by atoms with Crippen molar-refractivity contribution in [1.29, 1.82) is 0 Å². The number of thioether (sulfide) groups is 1. The number of halogens is 3. The van der Waals surface area contributed by atoms with Crippen LogP contribution in [0.2, 0.25) is 15.1 Å². The molecule has 1 aromatic heterocycles. The number of aromatic nitrogens is 2. The largest absolute Gasteiger partial charge is 1.00 e. The van der Waals surface area contributed by atoms with Crippen LogP contribution < -0.4 is 56.5 Å². The molecule has 10 heteroatoms. The van der Waals surface area contributed by atoms with Crippen molar-refractivity contribution in [2.45, 2.75) is 114 Å². The van der Waals surface area contributed by atoms with Gasteiger partial charge in [-0.2, -0.15) is 0 Å². The third-order valence-corrected chi connectivity index (χ3v) is 9.45. The molecule has 248 valence electrons. The van der Waals surface area contributed by atoms with Gasteiger partial charge in [-0.25, -0.2) is 4.98 Å². The maximum Gasteiger partial charge on any atom is 1.00 e. The molecule has 0 bridgehead atoms. The van der Waals surface area contributed by atoms with Crippen LogP contribution >= 0.6 is 46.6 Å². The summed E-state index contributed by atoms with van der Waals surface area (Å²) in [7, 11) is 0. The zero-order valence-corrected chi connectivity index (χ0v) is 33.6. The molecular weight excluding hydrogens is 686 g/mol. The van der Waals surface area contributed by atoms with E-state index in [2.05, 4.69) is 28.6 Å². The number of carboxylic acid groups (broad SMARTS) is 1. The second-order valence-electron chi connectivity index (χ2n) is 11.2. The van der Waals surface area contributed by atoms with Crippen molar-refractivity contribution >= 4 is 52.5 Å². The maximum atomic E-state index is 10.2. The number of imidazole rings is 1. The summed E-state index contributed by atoms with van der Waals surface area (Å²) in [6.07, 6.45) is 22.6. The number of nitrogens with zero attached hydrogens (tertiary/aromatic N) is 2. The van der Waals surface area contributed by atoms with Gasteiger partial charge in [0, 0.05) is 51.0 Å². The summed E-state index contributed by atoms with van der Waals surface area (Å²) in [4.78, 5) is 14.3. The molecule has 0 spiro atoms. The number of hydrogen-bond donors (Lipinski definition) is 1. The van der Waals surface area contributed by atoms with E-state index in [1.54, 1.807) is 12.3 Å². The third kappa shape index (κ3) is 20.9. The first-order chi connectivity index (χ1) is 21.8. The predicted molar refractivity (Wildman–Crippen MR) is 190 cm³/mol. The van der Waals surface area contributed by atoms with Gasteiger partial charge >= 0.3 is 51.4 Å². The van der Waals surface area contributed by atoms with Crippen molar-refractivity contribution in [1.82, 2.24) is 9.55 Å². The summed E-state index contributed by atoms with van der Waals surface area (Å²) in [6.45, 7) is 2.99. The van der Waals surface area contributed by atoms with E-state index < -0.39 is 5.97 Å². The molecule has 0 radical (unpaired) electrons. The van der Waals surface area contributed by atoms with Gasteiger partial charge < -0.3 is 19.6 Å². The second-order valence-corrected chi connectivity index (χ2v) is 13.7. The number of allylic oxidation sites excluding steroid dienone is 1. The molecule has 1 unspecified atom stereocenters. The number of carbonyl (C=O) groups excluding carboxylic acids is 1. The fraction of sp³-hybridized carbons (Fsp3) is 0.500. The van der Waals surface area contributed by atoms with Crippen LogP contribution in [0.1, 0.15) is 107 Å². The van der Waals surface area contributed by atoms with Crippen molar-refractivity contribution in [2.75, 3.05) is 0 Å². The van der Waals surface area contributed by atoms with Gasteiger partial charge in [0.15, 0.2) is 0 Å². The summed E-state index contributed by atoms with van der Waals surface area (Å²) in [5.74, 6) is -0.0682. The van der Waals surface area contributed by atoms with E-state index in [4.69, 9.17) is 34.8 Å². The number of unbranched alkanes of at least 4 members (excludes halogenated alkanes) is 8. The first-order valence-corrected chi connectivity index (χ1v) is 18.3. The molecule has 0 saturated heterocycles. The van der Waals surface area contributed by atoms with Gasteiger partial charge in [0.1, 0.15) is 0 Å². The van der Waals surface area contributed by atoms with Crippen LogP contribution in [0.4, 0.5) is 0 Å². The third-order valence-electron chi connectivity index (χ3n) is 7.33.